The Kier molecular flexibility index (Phi) is 7.62. The van der Waals surface area contributed by atoms with E-state index in [0.29, 0.717) is 34.4 Å². The molecule has 0 atom stereocenters. The number of hydrogen-bond acceptors (Lipinski definition) is 7. The molecule has 0 radical (unpaired) electrons. The van der Waals surface area contributed by atoms with Gasteiger partial charge in [0.25, 0.3) is 15.9 Å². The van der Waals surface area contributed by atoms with Gasteiger partial charge in [0.05, 0.1) is 31.9 Å². The summed E-state index contributed by atoms with van der Waals surface area (Å²) in [6.07, 6.45) is 0. The first-order valence-electron chi connectivity index (χ1n) is 9.76. The highest BCUT2D eigenvalue weighted by atomic mass is 32.2. The highest BCUT2D eigenvalue weighted by Gasteiger charge is 2.15. The average Bonchev–Trinajstić information content (AvgIpc) is 2.82. The van der Waals surface area contributed by atoms with Crippen LogP contribution in [0.1, 0.15) is 0 Å². The van der Waals surface area contributed by atoms with E-state index >= 15 is 0 Å². The second-order valence-corrected chi connectivity index (χ2v) is 8.40. The number of methoxy groups -OCH3 is 3. The highest BCUT2D eigenvalue weighted by Crippen LogP contribution is 2.29. The van der Waals surface area contributed by atoms with Crippen molar-refractivity contribution in [2.24, 2.45) is 0 Å². The van der Waals surface area contributed by atoms with Crippen molar-refractivity contribution in [3.05, 3.63) is 66.7 Å². The number of benzene rings is 3. The van der Waals surface area contributed by atoms with Crippen LogP contribution >= 0.6 is 0 Å². The summed E-state index contributed by atoms with van der Waals surface area (Å²) in [6, 6.07) is 17.3. The molecule has 10 heteroatoms. The van der Waals surface area contributed by atoms with E-state index < -0.39 is 15.9 Å². The van der Waals surface area contributed by atoms with Crippen molar-refractivity contribution in [2.45, 2.75) is 4.90 Å². The molecule has 2 N–H and O–H groups in total. The molecule has 0 aromatic heterocycles. The fourth-order valence-electron chi connectivity index (χ4n) is 2.88. The minimum absolute atomic E-state index is 0.0486. The summed E-state index contributed by atoms with van der Waals surface area (Å²) in [6.45, 7) is -0.261. The van der Waals surface area contributed by atoms with Crippen LogP contribution in [0.3, 0.4) is 0 Å². The van der Waals surface area contributed by atoms with Gasteiger partial charge in [-0.15, -0.1) is 0 Å². The number of nitrogens with one attached hydrogen (secondary N) is 2. The van der Waals surface area contributed by atoms with Crippen LogP contribution in [0.2, 0.25) is 0 Å². The Hall–Kier alpha value is -3.92. The lowest BCUT2D eigenvalue weighted by Crippen LogP contribution is -2.20. The number of hydrogen-bond donors (Lipinski definition) is 2. The summed E-state index contributed by atoms with van der Waals surface area (Å²) in [5.74, 6) is 1.51. The Morgan fingerprint density at radius 2 is 1.52 bits per heavy atom. The van der Waals surface area contributed by atoms with Crippen molar-refractivity contribution in [3.8, 4) is 23.0 Å². The number of ether oxygens (including phenoxy) is 4. The van der Waals surface area contributed by atoms with Crippen LogP contribution in [-0.4, -0.2) is 42.3 Å². The molecule has 0 heterocycles. The lowest BCUT2D eigenvalue weighted by atomic mass is 10.2. The molecule has 0 aliphatic carbocycles. The number of anilines is 2. The number of carbonyl (C=O) groups excluding carboxylic acids is 1. The smallest absolute Gasteiger partial charge is 0.262 e. The van der Waals surface area contributed by atoms with E-state index in [0.717, 1.165) is 0 Å². The topological polar surface area (TPSA) is 112 Å². The van der Waals surface area contributed by atoms with Crippen LogP contribution < -0.4 is 29.0 Å². The summed E-state index contributed by atoms with van der Waals surface area (Å²) in [5.41, 5.74) is 0.896. The highest BCUT2D eigenvalue weighted by molar-refractivity contribution is 7.92. The van der Waals surface area contributed by atoms with E-state index in [1.807, 2.05) is 0 Å². The summed E-state index contributed by atoms with van der Waals surface area (Å²) in [7, 11) is 0.724. The first-order valence-corrected chi connectivity index (χ1v) is 11.2. The predicted octanol–water partition coefficient (Wildman–Crippen LogP) is 3.53. The molecule has 33 heavy (non-hydrogen) atoms. The normalized spacial score (nSPS) is 10.8. The minimum Gasteiger partial charge on any atom is -0.497 e. The summed E-state index contributed by atoms with van der Waals surface area (Å²) in [5, 5.41) is 2.69. The molecular formula is C23H24N2O7S. The zero-order chi connectivity index (χ0) is 23.8. The molecule has 0 fully saturated rings. The average molecular weight is 473 g/mol. The van der Waals surface area contributed by atoms with Gasteiger partial charge in [-0.2, -0.15) is 0 Å². The molecule has 0 bridgehead atoms. The van der Waals surface area contributed by atoms with Crippen molar-refractivity contribution in [2.75, 3.05) is 38.0 Å². The Morgan fingerprint density at radius 3 is 2.18 bits per heavy atom. The fraction of sp³-hybridized carbons (Fsp3) is 0.174. The maximum atomic E-state index is 12.6. The molecule has 9 nitrogen and oxygen atoms in total. The van der Waals surface area contributed by atoms with E-state index in [2.05, 4.69) is 10.0 Å². The van der Waals surface area contributed by atoms with Gasteiger partial charge in [0.15, 0.2) is 18.1 Å². The quantitative estimate of drug-likeness (QED) is 0.464. The second kappa shape index (κ2) is 10.6. The van der Waals surface area contributed by atoms with E-state index in [4.69, 9.17) is 18.9 Å². The zero-order valence-corrected chi connectivity index (χ0v) is 19.1. The SMILES string of the molecule is COc1cccc(NS(=O)(=O)c2ccc(OCC(=O)Nc3ccc(OC)c(OC)c3)cc2)c1. The number of carbonyl (C=O) groups is 1. The molecular weight excluding hydrogens is 448 g/mol. The minimum atomic E-state index is -3.80. The molecule has 3 rings (SSSR count). The Balaban J connectivity index is 1.58. The van der Waals surface area contributed by atoms with Gasteiger partial charge in [-0.05, 0) is 48.5 Å². The van der Waals surface area contributed by atoms with E-state index in [1.54, 1.807) is 42.5 Å². The number of sulfonamides is 1. The number of rotatable bonds is 10. The van der Waals surface area contributed by atoms with Crippen LogP contribution in [0.5, 0.6) is 23.0 Å². The van der Waals surface area contributed by atoms with Gasteiger partial charge in [-0.25, -0.2) is 8.42 Å². The van der Waals surface area contributed by atoms with Gasteiger partial charge in [0, 0.05) is 17.8 Å². The van der Waals surface area contributed by atoms with Crippen LogP contribution in [-0.2, 0) is 14.8 Å². The third-order valence-corrected chi connectivity index (χ3v) is 5.89. The lowest BCUT2D eigenvalue weighted by molar-refractivity contribution is -0.118. The maximum absolute atomic E-state index is 12.6. The predicted molar refractivity (Wildman–Crippen MR) is 124 cm³/mol. The Labute approximate surface area is 192 Å². The zero-order valence-electron chi connectivity index (χ0n) is 18.3. The molecule has 3 aromatic carbocycles. The third kappa shape index (κ3) is 6.30. The molecule has 0 aliphatic rings. The Bertz CT molecular complexity index is 1210. The van der Waals surface area contributed by atoms with Crippen molar-refractivity contribution >= 4 is 27.3 Å². The van der Waals surface area contributed by atoms with Crippen LogP contribution in [0.4, 0.5) is 11.4 Å². The molecule has 0 saturated carbocycles. The van der Waals surface area contributed by atoms with Crippen LogP contribution in [0, 0.1) is 0 Å². The molecule has 0 aliphatic heterocycles. The van der Waals surface area contributed by atoms with Gasteiger partial charge in [0.1, 0.15) is 11.5 Å². The van der Waals surface area contributed by atoms with Crippen LogP contribution in [0.25, 0.3) is 0 Å². The monoisotopic (exact) mass is 472 g/mol. The summed E-state index contributed by atoms with van der Waals surface area (Å²) < 4.78 is 48.6. The third-order valence-electron chi connectivity index (χ3n) is 4.49. The van der Waals surface area contributed by atoms with Crippen molar-refractivity contribution in [1.29, 1.82) is 0 Å². The van der Waals surface area contributed by atoms with Gasteiger partial charge in [-0.3, -0.25) is 9.52 Å². The largest absolute Gasteiger partial charge is 0.497 e. The van der Waals surface area contributed by atoms with E-state index in [9.17, 15) is 13.2 Å². The van der Waals surface area contributed by atoms with Crippen LogP contribution in [0.15, 0.2) is 71.6 Å². The van der Waals surface area contributed by atoms with E-state index in [-0.39, 0.29) is 11.5 Å². The lowest BCUT2D eigenvalue weighted by Gasteiger charge is -2.12. The van der Waals surface area contributed by atoms with Crippen molar-refractivity contribution < 1.29 is 32.2 Å². The first kappa shape index (κ1) is 23.7. The fourth-order valence-corrected chi connectivity index (χ4v) is 3.93. The van der Waals surface area contributed by atoms with Gasteiger partial charge < -0.3 is 24.3 Å². The number of amides is 1. The van der Waals surface area contributed by atoms with Crippen molar-refractivity contribution in [1.82, 2.24) is 0 Å². The van der Waals surface area contributed by atoms with Gasteiger partial charge in [-0.1, -0.05) is 6.07 Å². The van der Waals surface area contributed by atoms with Gasteiger partial charge in [0.2, 0.25) is 0 Å². The maximum Gasteiger partial charge on any atom is 0.262 e. The standard InChI is InChI=1S/C23H24N2O7S/c1-29-19-6-4-5-17(13-19)25-33(27,28)20-10-8-18(9-11-20)32-15-23(26)24-16-7-12-21(30-2)22(14-16)31-3/h4-14,25H,15H2,1-3H3,(H,24,26). The molecule has 1 amide bonds. The first-order chi connectivity index (χ1) is 15.8. The Morgan fingerprint density at radius 1 is 0.788 bits per heavy atom. The molecule has 3 aromatic rings. The second-order valence-electron chi connectivity index (χ2n) is 6.72. The summed E-state index contributed by atoms with van der Waals surface area (Å²) in [4.78, 5) is 12.2. The van der Waals surface area contributed by atoms with Crippen molar-refractivity contribution in [3.63, 3.8) is 0 Å². The molecule has 0 spiro atoms. The molecule has 0 unspecified atom stereocenters. The van der Waals surface area contributed by atoms with E-state index in [1.165, 1.54) is 45.6 Å². The molecule has 174 valence electrons. The summed E-state index contributed by atoms with van der Waals surface area (Å²) >= 11 is 0. The molecule has 0 saturated heterocycles. The van der Waals surface area contributed by atoms with Gasteiger partial charge >= 0.3 is 0 Å².